The topological polar surface area (TPSA) is 121 Å². The Morgan fingerprint density at radius 2 is 1.91 bits per heavy atom. The van der Waals surface area contributed by atoms with Crippen LogP contribution < -0.4 is 5.32 Å². The van der Waals surface area contributed by atoms with Crippen LogP contribution in [0, 0.1) is 6.92 Å². The van der Waals surface area contributed by atoms with Gasteiger partial charge in [-0.3, -0.25) is 0 Å². The minimum Gasteiger partial charge on any atom is -0.478 e. The summed E-state index contributed by atoms with van der Waals surface area (Å²) in [6.45, 7) is 1.85. The molecule has 8 nitrogen and oxygen atoms in total. The first-order chi connectivity index (χ1) is 16.5. The Morgan fingerprint density at radius 3 is 2.68 bits per heavy atom. The third-order valence-electron chi connectivity index (χ3n) is 5.35. The van der Waals surface area contributed by atoms with Gasteiger partial charge in [-0.25, -0.2) is 19.7 Å². The fraction of sp³-hybridized carbons (Fsp3) is 0.120. The van der Waals surface area contributed by atoms with E-state index >= 15 is 0 Å². The molecule has 1 unspecified atom stereocenters. The molecule has 0 amide bonds. The standard InChI is InChI=1S/C25H20N4O4S/c1-14-10-19(28-23(11-14)29-22-7-6-20-18(27-22)8-9-33-20)21-12-26-24(34-21)17(13-30)15-2-4-16(5-3-15)25(31)32/h2-12,17,30H,13H2,1H3,(H,31,32)(H,27,28,29). The number of aryl methyl sites for hydroxylation is 1. The summed E-state index contributed by atoms with van der Waals surface area (Å²) in [5.41, 5.74) is 4.26. The van der Waals surface area contributed by atoms with Crippen molar-refractivity contribution in [1.82, 2.24) is 15.0 Å². The van der Waals surface area contributed by atoms with Crippen molar-refractivity contribution in [2.24, 2.45) is 0 Å². The van der Waals surface area contributed by atoms with Gasteiger partial charge in [0.2, 0.25) is 0 Å². The predicted molar refractivity (Wildman–Crippen MR) is 130 cm³/mol. The largest absolute Gasteiger partial charge is 0.478 e. The summed E-state index contributed by atoms with van der Waals surface area (Å²) in [4.78, 5) is 25.8. The van der Waals surface area contributed by atoms with E-state index in [4.69, 9.17) is 14.5 Å². The lowest BCUT2D eigenvalue weighted by molar-refractivity contribution is 0.0697. The van der Waals surface area contributed by atoms with Crippen LogP contribution in [0.3, 0.4) is 0 Å². The van der Waals surface area contributed by atoms with Gasteiger partial charge in [0.25, 0.3) is 0 Å². The summed E-state index contributed by atoms with van der Waals surface area (Å²) < 4.78 is 5.34. The zero-order chi connectivity index (χ0) is 23.7. The number of carboxylic acids is 1. The number of furan rings is 1. The fourth-order valence-electron chi connectivity index (χ4n) is 3.66. The van der Waals surface area contributed by atoms with Gasteiger partial charge < -0.3 is 19.9 Å². The van der Waals surface area contributed by atoms with Crippen LogP contribution in [0.1, 0.15) is 32.4 Å². The molecule has 5 rings (SSSR count). The molecule has 0 aliphatic rings. The molecule has 0 bridgehead atoms. The Bertz CT molecular complexity index is 1480. The molecule has 0 saturated carbocycles. The van der Waals surface area contributed by atoms with E-state index in [1.54, 1.807) is 30.7 Å². The summed E-state index contributed by atoms with van der Waals surface area (Å²) in [7, 11) is 0. The Morgan fingerprint density at radius 1 is 1.09 bits per heavy atom. The minimum atomic E-state index is -0.988. The lowest BCUT2D eigenvalue weighted by Gasteiger charge is -2.12. The number of nitrogens with one attached hydrogen (secondary N) is 1. The van der Waals surface area contributed by atoms with Gasteiger partial charge in [-0.1, -0.05) is 12.1 Å². The highest BCUT2D eigenvalue weighted by Crippen LogP contribution is 2.33. The maximum Gasteiger partial charge on any atom is 0.335 e. The van der Waals surface area contributed by atoms with Crippen molar-refractivity contribution in [1.29, 1.82) is 0 Å². The molecule has 0 radical (unpaired) electrons. The lowest BCUT2D eigenvalue weighted by atomic mass is 9.99. The number of hydrogen-bond donors (Lipinski definition) is 3. The molecule has 1 aromatic carbocycles. The van der Waals surface area contributed by atoms with Crippen LogP contribution in [0.2, 0.25) is 0 Å². The summed E-state index contributed by atoms with van der Waals surface area (Å²) in [5.74, 6) is -0.0234. The van der Waals surface area contributed by atoms with Crippen LogP contribution in [0.5, 0.6) is 0 Å². The van der Waals surface area contributed by atoms with E-state index in [-0.39, 0.29) is 18.1 Å². The summed E-state index contributed by atoms with van der Waals surface area (Å²) in [6.07, 6.45) is 3.35. The van der Waals surface area contributed by atoms with E-state index in [9.17, 15) is 9.90 Å². The molecule has 170 valence electrons. The maximum absolute atomic E-state index is 11.1. The number of aromatic carboxylic acids is 1. The molecule has 0 fully saturated rings. The van der Waals surface area contributed by atoms with Gasteiger partial charge in [0, 0.05) is 12.3 Å². The second-order valence-corrected chi connectivity index (χ2v) is 8.83. The smallest absolute Gasteiger partial charge is 0.335 e. The van der Waals surface area contributed by atoms with E-state index in [1.165, 1.54) is 23.5 Å². The van der Waals surface area contributed by atoms with Gasteiger partial charge in [0.15, 0.2) is 5.58 Å². The van der Waals surface area contributed by atoms with Crippen LogP contribution in [0.15, 0.2) is 71.5 Å². The van der Waals surface area contributed by atoms with E-state index in [1.807, 2.05) is 31.2 Å². The molecule has 4 aromatic heterocycles. The Balaban J connectivity index is 1.41. The van der Waals surface area contributed by atoms with Gasteiger partial charge in [-0.2, -0.15) is 0 Å². The van der Waals surface area contributed by atoms with E-state index < -0.39 is 5.97 Å². The van der Waals surface area contributed by atoms with Gasteiger partial charge in [-0.05, 0) is 54.4 Å². The second-order valence-electron chi connectivity index (χ2n) is 7.77. The van der Waals surface area contributed by atoms with Crippen LogP contribution >= 0.6 is 11.3 Å². The SMILES string of the molecule is Cc1cc(Nc2ccc3occc3n2)nc(-c2cnc(C(CO)c3ccc(C(=O)O)cc3)s2)c1. The van der Waals surface area contributed by atoms with Crippen molar-refractivity contribution < 1.29 is 19.4 Å². The highest BCUT2D eigenvalue weighted by Gasteiger charge is 2.19. The van der Waals surface area contributed by atoms with Crippen LogP contribution in [0.4, 0.5) is 11.6 Å². The number of nitrogens with zero attached hydrogens (tertiary/aromatic N) is 3. The fourth-order valence-corrected chi connectivity index (χ4v) is 4.66. The zero-order valence-corrected chi connectivity index (χ0v) is 18.9. The third-order valence-corrected chi connectivity index (χ3v) is 6.48. The average Bonchev–Trinajstić information content (AvgIpc) is 3.49. The number of aromatic nitrogens is 3. The zero-order valence-electron chi connectivity index (χ0n) is 18.1. The number of pyridine rings is 2. The molecule has 5 aromatic rings. The predicted octanol–water partition coefficient (Wildman–Crippen LogP) is 5.22. The average molecular weight is 473 g/mol. The summed E-state index contributed by atoms with van der Waals surface area (Å²) in [5, 5.41) is 23.1. The molecule has 0 aliphatic carbocycles. The molecular formula is C25H20N4O4S. The second kappa shape index (κ2) is 9.05. The van der Waals surface area contributed by atoms with Crippen molar-refractivity contribution >= 4 is 40.0 Å². The molecule has 0 aliphatic heterocycles. The number of carbonyl (C=O) groups is 1. The van der Waals surface area contributed by atoms with E-state index in [2.05, 4.69) is 15.3 Å². The van der Waals surface area contributed by atoms with Crippen LogP contribution in [-0.4, -0.2) is 37.7 Å². The molecule has 0 saturated heterocycles. The molecule has 1 atom stereocenters. The quantitative estimate of drug-likeness (QED) is 0.295. The number of anilines is 2. The molecule has 3 N–H and O–H groups in total. The van der Waals surface area contributed by atoms with E-state index in [0.29, 0.717) is 11.6 Å². The molecular weight excluding hydrogens is 452 g/mol. The number of benzene rings is 1. The van der Waals surface area contributed by atoms with Gasteiger partial charge in [0.1, 0.15) is 22.2 Å². The number of hydrogen-bond acceptors (Lipinski definition) is 8. The molecule has 9 heteroatoms. The van der Waals surface area contributed by atoms with Crippen LogP contribution in [-0.2, 0) is 0 Å². The van der Waals surface area contributed by atoms with Gasteiger partial charge in [0.05, 0.1) is 34.9 Å². The van der Waals surface area contributed by atoms with Gasteiger partial charge >= 0.3 is 5.97 Å². The van der Waals surface area contributed by atoms with Gasteiger partial charge in [-0.15, -0.1) is 11.3 Å². The van der Waals surface area contributed by atoms with Crippen molar-refractivity contribution in [2.75, 3.05) is 11.9 Å². The minimum absolute atomic E-state index is 0.143. The molecule has 34 heavy (non-hydrogen) atoms. The first kappa shape index (κ1) is 21.7. The van der Waals surface area contributed by atoms with E-state index in [0.717, 1.165) is 37.8 Å². The van der Waals surface area contributed by atoms with Crippen LogP contribution in [0.25, 0.3) is 21.7 Å². The van der Waals surface area contributed by atoms with Crippen molar-refractivity contribution in [3.05, 3.63) is 88.8 Å². The Labute approximate surface area is 198 Å². The molecule has 0 spiro atoms. The number of fused-ring (bicyclic) bond motifs is 1. The van der Waals surface area contributed by atoms with Crippen molar-refractivity contribution in [3.8, 4) is 10.6 Å². The normalized spacial score (nSPS) is 12.1. The lowest BCUT2D eigenvalue weighted by Crippen LogP contribution is -2.06. The van der Waals surface area contributed by atoms with Crippen molar-refractivity contribution in [2.45, 2.75) is 12.8 Å². The first-order valence-electron chi connectivity index (χ1n) is 10.5. The highest BCUT2D eigenvalue weighted by atomic mass is 32.1. The number of aliphatic hydroxyl groups is 1. The number of rotatable bonds is 7. The molecule has 4 heterocycles. The third kappa shape index (κ3) is 4.39. The Hall–Kier alpha value is -4.08. The number of thiazole rings is 1. The Kier molecular flexibility index (Phi) is 5.79. The maximum atomic E-state index is 11.1. The van der Waals surface area contributed by atoms with Crippen molar-refractivity contribution in [3.63, 3.8) is 0 Å². The number of aliphatic hydroxyl groups excluding tert-OH is 1. The monoisotopic (exact) mass is 472 g/mol. The summed E-state index contributed by atoms with van der Waals surface area (Å²) in [6, 6.07) is 15.9. The summed E-state index contributed by atoms with van der Waals surface area (Å²) >= 11 is 1.45. The number of carboxylic acid groups (broad SMARTS) is 1. The first-order valence-corrected chi connectivity index (χ1v) is 11.3. The highest BCUT2D eigenvalue weighted by molar-refractivity contribution is 7.15.